The molecule has 2 rings (SSSR count). The Morgan fingerprint density at radius 2 is 2.19 bits per heavy atom. The third-order valence-electron chi connectivity index (χ3n) is 3.37. The minimum atomic E-state index is 0.672. The number of anilines is 1. The van der Waals surface area contributed by atoms with Crippen molar-refractivity contribution >= 4 is 5.69 Å². The van der Waals surface area contributed by atoms with E-state index in [1.54, 1.807) is 0 Å². The molecule has 0 aromatic heterocycles. The molecule has 1 aromatic rings. The van der Waals surface area contributed by atoms with Crippen molar-refractivity contribution in [3.05, 3.63) is 29.3 Å². The summed E-state index contributed by atoms with van der Waals surface area (Å²) in [5.74, 6) is 0. The number of hydrogen-bond donors (Lipinski definition) is 1. The van der Waals surface area contributed by atoms with E-state index >= 15 is 0 Å². The highest BCUT2D eigenvalue weighted by Gasteiger charge is 2.22. The Balaban J connectivity index is 2.08. The molecule has 0 amide bonds. The zero-order valence-electron chi connectivity index (χ0n) is 10.6. The monoisotopic (exact) mass is 218 g/mol. The molecule has 1 unspecified atom stereocenters. The number of hydrogen-bond acceptors (Lipinski definition) is 2. The van der Waals surface area contributed by atoms with Crippen LogP contribution >= 0.6 is 0 Å². The first-order valence-electron chi connectivity index (χ1n) is 6.26. The molecule has 1 aliphatic rings. The summed E-state index contributed by atoms with van der Waals surface area (Å²) in [6.07, 6.45) is 1.27. The molecule has 1 aliphatic heterocycles. The summed E-state index contributed by atoms with van der Waals surface area (Å²) in [5, 5.41) is 3.53. The Bertz CT molecular complexity index is 360. The fourth-order valence-corrected chi connectivity index (χ4v) is 2.59. The van der Waals surface area contributed by atoms with Crippen molar-refractivity contribution in [3.63, 3.8) is 0 Å². The van der Waals surface area contributed by atoms with E-state index in [2.05, 4.69) is 49.2 Å². The molecule has 0 aliphatic carbocycles. The summed E-state index contributed by atoms with van der Waals surface area (Å²) in [5.41, 5.74) is 4.16. The predicted octanol–water partition coefficient (Wildman–Crippen LogP) is 2.49. The molecule has 2 heteroatoms. The van der Waals surface area contributed by atoms with Gasteiger partial charge in [0.25, 0.3) is 0 Å². The van der Waals surface area contributed by atoms with Crippen LogP contribution in [-0.4, -0.2) is 25.7 Å². The zero-order chi connectivity index (χ0) is 11.5. The lowest BCUT2D eigenvalue weighted by Crippen LogP contribution is -2.32. The van der Waals surface area contributed by atoms with Crippen molar-refractivity contribution in [1.29, 1.82) is 0 Å². The minimum Gasteiger partial charge on any atom is -0.370 e. The molecule has 16 heavy (non-hydrogen) atoms. The fraction of sp³-hybridized carbons (Fsp3) is 0.571. The second kappa shape index (κ2) is 4.88. The smallest absolute Gasteiger partial charge is 0.0396 e. The normalized spacial score (nSPS) is 20.4. The van der Waals surface area contributed by atoms with Crippen LogP contribution in [-0.2, 0) is 0 Å². The van der Waals surface area contributed by atoms with Crippen LogP contribution in [0.25, 0.3) is 0 Å². The summed E-state index contributed by atoms with van der Waals surface area (Å²) in [6, 6.07) is 7.42. The van der Waals surface area contributed by atoms with Crippen molar-refractivity contribution in [2.24, 2.45) is 0 Å². The van der Waals surface area contributed by atoms with Gasteiger partial charge in [0.2, 0.25) is 0 Å². The quantitative estimate of drug-likeness (QED) is 0.838. The van der Waals surface area contributed by atoms with Crippen molar-refractivity contribution in [3.8, 4) is 0 Å². The molecule has 88 valence electrons. The number of likely N-dealkylation sites (N-methyl/N-ethyl adjacent to an activating group) is 1. The van der Waals surface area contributed by atoms with Crippen LogP contribution in [0.2, 0.25) is 0 Å². The minimum absolute atomic E-state index is 0.672. The topological polar surface area (TPSA) is 15.3 Å². The van der Waals surface area contributed by atoms with Crippen molar-refractivity contribution in [1.82, 2.24) is 5.32 Å². The van der Waals surface area contributed by atoms with E-state index in [1.165, 1.54) is 29.8 Å². The van der Waals surface area contributed by atoms with E-state index < -0.39 is 0 Å². The molecule has 1 saturated heterocycles. The van der Waals surface area contributed by atoms with Gasteiger partial charge in [-0.2, -0.15) is 0 Å². The van der Waals surface area contributed by atoms with E-state index in [-0.39, 0.29) is 0 Å². The Hall–Kier alpha value is -1.02. The number of rotatable bonds is 3. The van der Waals surface area contributed by atoms with Gasteiger partial charge in [-0.05, 0) is 38.4 Å². The van der Waals surface area contributed by atoms with Gasteiger partial charge < -0.3 is 10.2 Å². The molecule has 0 saturated carbocycles. The Morgan fingerprint density at radius 1 is 1.38 bits per heavy atom. The fourth-order valence-electron chi connectivity index (χ4n) is 2.59. The summed E-state index contributed by atoms with van der Waals surface area (Å²) >= 11 is 0. The number of nitrogens with one attached hydrogen (secondary N) is 1. The summed E-state index contributed by atoms with van der Waals surface area (Å²) in [6.45, 7) is 9.95. The number of aryl methyl sites for hydroxylation is 2. The molecule has 2 nitrogen and oxygen atoms in total. The SMILES string of the molecule is CCNC1CCN(c2ccc(C)cc2C)C1. The second-order valence-electron chi connectivity index (χ2n) is 4.78. The number of benzene rings is 1. The maximum absolute atomic E-state index is 3.53. The Kier molecular flexibility index (Phi) is 3.49. The standard InChI is InChI=1S/C14H22N2/c1-4-15-13-7-8-16(10-13)14-6-5-11(2)9-12(14)3/h5-6,9,13,15H,4,7-8,10H2,1-3H3. The van der Waals surface area contributed by atoms with Crippen LogP contribution in [0.1, 0.15) is 24.5 Å². The molecule has 1 aromatic carbocycles. The van der Waals surface area contributed by atoms with Gasteiger partial charge in [-0.15, -0.1) is 0 Å². The highest BCUT2D eigenvalue weighted by Crippen LogP contribution is 2.24. The van der Waals surface area contributed by atoms with Gasteiger partial charge in [0, 0.05) is 24.8 Å². The van der Waals surface area contributed by atoms with Gasteiger partial charge in [-0.3, -0.25) is 0 Å². The van der Waals surface area contributed by atoms with Gasteiger partial charge in [0.05, 0.1) is 0 Å². The highest BCUT2D eigenvalue weighted by molar-refractivity contribution is 5.55. The van der Waals surface area contributed by atoms with E-state index in [0.717, 1.165) is 13.1 Å². The first-order valence-corrected chi connectivity index (χ1v) is 6.26. The lowest BCUT2D eigenvalue weighted by Gasteiger charge is -2.21. The first-order chi connectivity index (χ1) is 7.70. The van der Waals surface area contributed by atoms with Gasteiger partial charge >= 0.3 is 0 Å². The molecule has 1 atom stereocenters. The van der Waals surface area contributed by atoms with E-state index in [1.807, 2.05) is 0 Å². The van der Waals surface area contributed by atoms with Crippen LogP contribution in [0.3, 0.4) is 0 Å². The Morgan fingerprint density at radius 3 is 2.88 bits per heavy atom. The van der Waals surface area contributed by atoms with Gasteiger partial charge in [-0.1, -0.05) is 24.6 Å². The van der Waals surface area contributed by atoms with Gasteiger partial charge in [0.1, 0.15) is 0 Å². The molecule has 0 radical (unpaired) electrons. The summed E-state index contributed by atoms with van der Waals surface area (Å²) < 4.78 is 0. The van der Waals surface area contributed by atoms with Crippen molar-refractivity contribution in [2.75, 3.05) is 24.5 Å². The van der Waals surface area contributed by atoms with Crippen LogP contribution < -0.4 is 10.2 Å². The summed E-state index contributed by atoms with van der Waals surface area (Å²) in [4.78, 5) is 2.50. The third-order valence-corrected chi connectivity index (χ3v) is 3.37. The lowest BCUT2D eigenvalue weighted by molar-refractivity contribution is 0.572. The first kappa shape index (κ1) is 11.5. The van der Waals surface area contributed by atoms with Crippen molar-refractivity contribution < 1.29 is 0 Å². The predicted molar refractivity (Wildman–Crippen MR) is 70.2 cm³/mol. The molecule has 1 fully saturated rings. The average molecular weight is 218 g/mol. The van der Waals surface area contributed by atoms with Gasteiger partial charge in [0.15, 0.2) is 0 Å². The third kappa shape index (κ3) is 2.38. The second-order valence-corrected chi connectivity index (χ2v) is 4.78. The maximum Gasteiger partial charge on any atom is 0.0396 e. The van der Waals surface area contributed by atoms with E-state index in [9.17, 15) is 0 Å². The van der Waals surface area contributed by atoms with Crippen LogP contribution in [0.4, 0.5) is 5.69 Å². The summed E-state index contributed by atoms with van der Waals surface area (Å²) in [7, 11) is 0. The van der Waals surface area contributed by atoms with Crippen molar-refractivity contribution in [2.45, 2.75) is 33.2 Å². The van der Waals surface area contributed by atoms with Crippen LogP contribution in [0.15, 0.2) is 18.2 Å². The number of nitrogens with zero attached hydrogens (tertiary/aromatic N) is 1. The molecule has 0 spiro atoms. The molecule has 1 N–H and O–H groups in total. The Labute approximate surface area is 98.7 Å². The lowest BCUT2D eigenvalue weighted by atomic mass is 10.1. The molecular formula is C14H22N2. The molecule has 0 bridgehead atoms. The van der Waals surface area contributed by atoms with Gasteiger partial charge in [-0.25, -0.2) is 0 Å². The van der Waals surface area contributed by atoms with Crippen LogP contribution in [0, 0.1) is 13.8 Å². The maximum atomic E-state index is 3.53. The zero-order valence-corrected chi connectivity index (χ0v) is 10.6. The van der Waals surface area contributed by atoms with E-state index in [4.69, 9.17) is 0 Å². The average Bonchev–Trinajstić information content (AvgIpc) is 2.67. The largest absolute Gasteiger partial charge is 0.370 e. The van der Waals surface area contributed by atoms with E-state index in [0.29, 0.717) is 6.04 Å². The van der Waals surface area contributed by atoms with Crippen LogP contribution in [0.5, 0.6) is 0 Å². The highest BCUT2D eigenvalue weighted by atomic mass is 15.2. The molecular weight excluding hydrogens is 196 g/mol. The molecule has 1 heterocycles.